The van der Waals surface area contributed by atoms with Crippen LogP contribution in [0, 0.1) is 12.7 Å². The van der Waals surface area contributed by atoms with E-state index in [2.05, 4.69) is 21.0 Å². The molecule has 1 N–H and O–H groups in total. The van der Waals surface area contributed by atoms with Crippen LogP contribution in [0.15, 0.2) is 22.7 Å². The number of hydrogen-bond donors (Lipinski definition) is 1. The first kappa shape index (κ1) is 13.7. The summed E-state index contributed by atoms with van der Waals surface area (Å²) in [6.45, 7) is 1.75. The number of aliphatic carboxylic acids is 1. The molecule has 0 unspecified atom stereocenters. The van der Waals surface area contributed by atoms with Gasteiger partial charge in [-0.1, -0.05) is 15.9 Å². The molecule has 0 fully saturated rings. The first-order chi connectivity index (χ1) is 8.90. The molecule has 0 aliphatic carbocycles. The molecule has 0 aliphatic rings. The smallest absolute Gasteiger partial charge is 0.309 e. The van der Waals surface area contributed by atoms with E-state index >= 15 is 0 Å². The molecule has 0 spiro atoms. The van der Waals surface area contributed by atoms with Gasteiger partial charge in [0.05, 0.1) is 17.8 Å². The third kappa shape index (κ3) is 2.68. The molecule has 2 rings (SSSR count). The number of carbonyl (C=O) groups is 1. The topological polar surface area (TPSA) is 55.1 Å². The van der Waals surface area contributed by atoms with Crippen LogP contribution < -0.4 is 0 Å². The van der Waals surface area contributed by atoms with Crippen molar-refractivity contribution < 1.29 is 14.3 Å². The Labute approximate surface area is 118 Å². The highest BCUT2D eigenvalue weighted by atomic mass is 79.9. The molecule has 0 saturated heterocycles. The Balaban J connectivity index is 2.57. The molecule has 0 radical (unpaired) electrons. The van der Waals surface area contributed by atoms with E-state index in [0.717, 1.165) is 4.47 Å². The van der Waals surface area contributed by atoms with Gasteiger partial charge < -0.3 is 5.11 Å². The number of carboxylic acids is 1. The minimum absolute atomic E-state index is 0.134. The van der Waals surface area contributed by atoms with Gasteiger partial charge in [-0.25, -0.2) is 4.39 Å². The Hall–Kier alpha value is -1.69. The molecule has 0 saturated carbocycles. The van der Waals surface area contributed by atoms with E-state index in [4.69, 9.17) is 5.11 Å². The van der Waals surface area contributed by atoms with Gasteiger partial charge >= 0.3 is 5.97 Å². The Morgan fingerprint density at radius 1 is 1.53 bits per heavy atom. The van der Waals surface area contributed by atoms with Crippen molar-refractivity contribution in [3.8, 4) is 11.3 Å². The lowest BCUT2D eigenvalue weighted by atomic mass is 10.1. The third-order valence-corrected chi connectivity index (χ3v) is 3.42. The standard InChI is InChI=1S/C13H12BrFN2O2/c1-7-11(6-12(18)19)17(2)16-13(7)9-5-8(14)3-4-10(9)15/h3-5H,6H2,1-2H3,(H,18,19). The van der Waals surface area contributed by atoms with Crippen molar-refractivity contribution in [3.63, 3.8) is 0 Å². The molecule has 100 valence electrons. The van der Waals surface area contributed by atoms with Gasteiger partial charge in [0.25, 0.3) is 0 Å². The van der Waals surface area contributed by atoms with Crippen LogP contribution in [0.4, 0.5) is 4.39 Å². The second-order valence-corrected chi connectivity index (χ2v) is 5.15. The van der Waals surface area contributed by atoms with Crippen LogP contribution in [0.25, 0.3) is 11.3 Å². The summed E-state index contributed by atoms with van der Waals surface area (Å²) in [6, 6.07) is 4.59. The van der Waals surface area contributed by atoms with Crippen molar-refractivity contribution >= 4 is 21.9 Å². The average molecular weight is 327 g/mol. The number of halogens is 2. The van der Waals surface area contributed by atoms with Gasteiger partial charge in [-0.15, -0.1) is 0 Å². The molecule has 0 amide bonds. The van der Waals surface area contributed by atoms with Crippen LogP contribution in [0.2, 0.25) is 0 Å². The average Bonchev–Trinajstić information content (AvgIpc) is 2.60. The minimum atomic E-state index is -0.938. The maximum atomic E-state index is 13.9. The molecule has 0 aliphatic heterocycles. The van der Waals surface area contributed by atoms with E-state index < -0.39 is 5.97 Å². The van der Waals surface area contributed by atoms with Crippen molar-refractivity contribution in [1.82, 2.24) is 9.78 Å². The summed E-state index contributed by atoms with van der Waals surface area (Å²) in [5, 5.41) is 13.1. The van der Waals surface area contributed by atoms with Gasteiger partial charge in [0, 0.05) is 17.1 Å². The summed E-state index contributed by atoms with van der Waals surface area (Å²) in [7, 11) is 1.66. The summed E-state index contributed by atoms with van der Waals surface area (Å²) < 4.78 is 16.1. The van der Waals surface area contributed by atoms with Gasteiger partial charge in [0.2, 0.25) is 0 Å². The fourth-order valence-electron chi connectivity index (χ4n) is 1.99. The molecule has 1 aromatic heterocycles. The van der Waals surface area contributed by atoms with Gasteiger partial charge in [-0.3, -0.25) is 9.48 Å². The fraction of sp³-hybridized carbons (Fsp3) is 0.231. The molecule has 0 atom stereocenters. The fourth-order valence-corrected chi connectivity index (χ4v) is 2.35. The molecule has 0 bridgehead atoms. The van der Waals surface area contributed by atoms with Crippen molar-refractivity contribution in [2.45, 2.75) is 13.3 Å². The number of carboxylic acid groups (broad SMARTS) is 1. The number of nitrogens with zero attached hydrogens (tertiary/aromatic N) is 2. The Morgan fingerprint density at radius 3 is 2.84 bits per heavy atom. The number of aromatic nitrogens is 2. The maximum absolute atomic E-state index is 13.9. The van der Waals surface area contributed by atoms with E-state index in [1.54, 1.807) is 26.1 Å². The number of rotatable bonds is 3. The monoisotopic (exact) mass is 326 g/mol. The van der Waals surface area contributed by atoms with E-state index in [1.165, 1.54) is 10.7 Å². The predicted octanol–water partition coefficient (Wildman–Crippen LogP) is 2.92. The Kier molecular flexibility index (Phi) is 3.71. The zero-order chi connectivity index (χ0) is 14.2. The molecule has 6 heteroatoms. The SMILES string of the molecule is Cc1c(-c2cc(Br)ccc2F)nn(C)c1CC(=O)O. The van der Waals surface area contributed by atoms with E-state index in [1.807, 2.05) is 0 Å². The molecule has 1 aromatic carbocycles. The van der Waals surface area contributed by atoms with Crippen LogP contribution in [-0.4, -0.2) is 20.9 Å². The van der Waals surface area contributed by atoms with Crippen LogP contribution in [-0.2, 0) is 18.3 Å². The van der Waals surface area contributed by atoms with Crippen molar-refractivity contribution in [2.24, 2.45) is 7.05 Å². The van der Waals surface area contributed by atoms with E-state index in [-0.39, 0.29) is 12.2 Å². The summed E-state index contributed by atoms with van der Waals surface area (Å²) in [6.07, 6.45) is -0.134. The van der Waals surface area contributed by atoms with Crippen LogP contribution in [0.5, 0.6) is 0 Å². The zero-order valence-corrected chi connectivity index (χ0v) is 12.0. The second kappa shape index (κ2) is 5.13. The normalized spacial score (nSPS) is 10.7. The summed E-state index contributed by atoms with van der Waals surface area (Å²) in [5.74, 6) is -1.32. The van der Waals surface area contributed by atoms with Crippen LogP contribution in [0.3, 0.4) is 0 Å². The number of aryl methyl sites for hydroxylation is 1. The quantitative estimate of drug-likeness (QED) is 0.943. The first-order valence-electron chi connectivity index (χ1n) is 5.60. The third-order valence-electron chi connectivity index (χ3n) is 2.93. The van der Waals surface area contributed by atoms with Crippen molar-refractivity contribution in [1.29, 1.82) is 0 Å². The van der Waals surface area contributed by atoms with E-state index in [9.17, 15) is 9.18 Å². The summed E-state index contributed by atoms with van der Waals surface area (Å²) >= 11 is 3.29. The van der Waals surface area contributed by atoms with Gasteiger partial charge in [-0.05, 0) is 30.7 Å². The first-order valence-corrected chi connectivity index (χ1v) is 6.39. The Morgan fingerprint density at radius 2 is 2.21 bits per heavy atom. The molecule has 19 heavy (non-hydrogen) atoms. The predicted molar refractivity (Wildman–Crippen MR) is 72.4 cm³/mol. The molecule has 1 heterocycles. The van der Waals surface area contributed by atoms with Crippen LogP contribution in [0.1, 0.15) is 11.3 Å². The van der Waals surface area contributed by atoms with Crippen molar-refractivity contribution in [2.75, 3.05) is 0 Å². The number of benzene rings is 1. The summed E-state index contributed by atoms with van der Waals surface area (Å²) in [5.41, 5.74) is 2.08. The second-order valence-electron chi connectivity index (χ2n) is 4.24. The Bertz CT molecular complexity index is 652. The highest BCUT2D eigenvalue weighted by molar-refractivity contribution is 9.10. The lowest BCUT2D eigenvalue weighted by Gasteiger charge is -2.02. The minimum Gasteiger partial charge on any atom is -0.481 e. The van der Waals surface area contributed by atoms with Crippen molar-refractivity contribution in [3.05, 3.63) is 39.7 Å². The molecular formula is C13H12BrFN2O2. The van der Waals surface area contributed by atoms with Crippen LogP contribution >= 0.6 is 15.9 Å². The zero-order valence-electron chi connectivity index (χ0n) is 10.4. The lowest BCUT2D eigenvalue weighted by molar-refractivity contribution is -0.136. The highest BCUT2D eigenvalue weighted by Gasteiger charge is 2.18. The maximum Gasteiger partial charge on any atom is 0.309 e. The lowest BCUT2D eigenvalue weighted by Crippen LogP contribution is -2.06. The molecule has 4 nitrogen and oxygen atoms in total. The van der Waals surface area contributed by atoms with Gasteiger partial charge in [-0.2, -0.15) is 5.10 Å². The molecular weight excluding hydrogens is 315 g/mol. The van der Waals surface area contributed by atoms with E-state index in [0.29, 0.717) is 22.5 Å². The number of hydrogen-bond acceptors (Lipinski definition) is 2. The summed E-state index contributed by atoms with van der Waals surface area (Å²) in [4.78, 5) is 10.8. The van der Waals surface area contributed by atoms with Gasteiger partial charge in [0.15, 0.2) is 0 Å². The largest absolute Gasteiger partial charge is 0.481 e. The van der Waals surface area contributed by atoms with Gasteiger partial charge in [0.1, 0.15) is 5.82 Å². The highest BCUT2D eigenvalue weighted by Crippen LogP contribution is 2.29. The molecule has 2 aromatic rings.